The van der Waals surface area contributed by atoms with Crippen LogP contribution in [0.1, 0.15) is 11.4 Å². The SMILES string of the molecule is Cc1nn(C)cc1NS(=O)(=O)c1cc(CN)n(C)c1. The Kier molecular flexibility index (Phi) is 3.38. The number of hydrogen-bond donors (Lipinski definition) is 2. The maximum atomic E-state index is 12.2. The van der Waals surface area contributed by atoms with Crippen molar-refractivity contribution >= 4 is 15.7 Å². The molecule has 0 amide bonds. The van der Waals surface area contributed by atoms with Gasteiger partial charge in [0.05, 0.1) is 11.4 Å². The van der Waals surface area contributed by atoms with Crippen LogP contribution in [0.15, 0.2) is 23.4 Å². The molecule has 2 rings (SSSR count). The summed E-state index contributed by atoms with van der Waals surface area (Å²) in [6, 6.07) is 1.56. The minimum Gasteiger partial charge on any atom is -0.352 e. The lowest BCUT2D eigenvalue weighted by atomic mass is 10.4. The average Bonchev–Trinajstić information content (AvgIpc) is 2.82. The van der Waals surface area contributed by atoms with Gasteiger partial charge in [-0.3, -0.25) is 9.40 Å². The lowest BCUT2D eigenvalue weighted by molar-refractivity contribution is 0.601. The predicted octanol–water partition coefficient (Wildman–Crippen LogP) is 0.327. The fraction of sp³-hybridized carbons (Fsp3) is 0.364. The van der Waals surface area contributed by atoms with Crippen molar-refractivity contribution in [3.05, 3.63) is 29.8 Å². The number of nitrogens with two attached hydrogens (primary N) is 1. The predicted molar refractivity (Wildman–Crippen MR) is 72.1 cm³/mol. The molecule has 0 radical (unpaired) electrons. The van der Waals surface area contributed by atoms with Gasteiger partial charge < -0.3 is 10.3 Å². The average molecular weight is 283 g/mol. The number of hydrogen-bond acceptors (Lipinski definition) is 4. The van der Waals surface area contributed by atoms with E-state index in [1.54, 1.807) is 42.5 Å². The molecule has 7 nitrogen and oxygen atoms in total. The van der Waals surface area contributed by atoms with Crippen molar-refractivity contribution in [3.8, 4) is 0 Å². The Morgan fingerprint density at radius 2 is 2.05 bits per heavy atom. The van der Waals surface area contributed by atoms with Gasteiger partial charge in [-0.1, -0.05) is 0 Å². The Balaban J connectivity index is 2.34. The van der Waals surface area contributed by atoms with E-state index in [4.69, 9.17) is 5.73 Å². The molecule has 0 spiro atoms. The van der Waals surface area contributed by atoms with Crippen LogP contribution in [0.3, 0.4) is 0 Å². The number of nitrogens with one attached hydrogen (secondary N) is 1. The number of aryl methyl sites for hydroxylation is 3. The minimum absolute atomic E-state index is 0.193. The summed E-state index contributed by atoms with van der Waals surface area (Å²) in [4.78, 5) is 0.193. The molecule has 104 valence electrons. The molecule has 0 saturated heterocycles. The first-order valence-corrected chi connectivity index (χ1v) is 7.20. The maximum Gasteiger partial charge on any atom is 0.263 e. The third-order valence-electron chi connectivity index (χ3n) is 2.86. The molecule has 0 aliphatic rings. The van der Waals surface area contributed by atoms with Crippen molar-refractivity contribution < 1.29 is 8.42 Å². The summed E-state index contributed by atoms with van der Waals surface area (Å²) in [6.45, 7) is 2.03. The van der Waals surface area contributed by atoms with Crippen molar-refractivity contribution in [2.75, 3.05) is 4.72 Å². The van der Waals surface area contributed by atoms with Gasteiger partial charge >= 0.3 is 0 Å². The molecule has 19 heavy (non-hydrogen) atoms. The number of anilines is 1. The molecular weight excluding hydrogens is 266 g/mol. The van der Waals surface area contributed by atoms with Gasteiger partial charge in [0.1, 0.15) is 4.90 Å². The Labute approximate surface area is 112 Å². The molecule has 0 bridgehead atoms. The van der Waals surface area contributed by atoms with E-state index in [0.717, 1.165) is 5.69 Å². The van der Waals surface area contributed by atoms with Crippen molar-refractivity contribution in [3.63, 3.8) is 0 Å². The molecule has 0 atom stereocenters. The number of nitrogens with zero attached hydrogens (tertiary/aromatic N) is 3. The fourth-order valence-electron chi connectivity index (χ4n) is 1.83. The van der Waals surface area contributed by atoms with E-state index in [1.165, 1.54) is 6.20 Å². The second-order valence-corrected chi connectivity index (χ2v) is 6.07. The van der Waals surface area contributed by atoms with Crippen LogP contribution in [0.5, 0.6) is 0 Å². The highest BCUT2D eigenvalue weighted by Gasteiger charge is 2.19. The fourth-order valence-corrected chi connectivity index (χ4v) is 3.03. The van der Waals surface area contributed by atoms with Gasteiger partial charge in [0.25, 0.3) is 10.0 Å². The largest absolute Gasteiger partial charge is 0.352 e. The van der Waals surface area contributed by atoms with Gasteiger partial charge in [-0.05, 0) is 13.0 Å². The summed E-state index contributed by atoms with van der Waals surface area (Å²) in [5.74, 6) is 0. The first-order valence-electron chi connectivity index (χ1n) is 5.72. The summed E-state index contributed by atoms with van der Waals surface area (Å²) in [7, 11) is -0.118. The molecule has 0 aliphatic carbocycles. The quantitative estimate of drug-likeness (QED) is 0.845. The summed E-state index contributed by atoms with van der Waals surface area (Å²) in [5.41, 5.74) is 7.39. The van der Waals surface area contributed by atoms with E-state index in [1.807, 2.05) is 0 Å². The monoisotopic (exact) mass is 283 g/mol. The molecule has 3 N–H and O–H groups in total. The van der Waals surface area contributed by atoms with Crippen LogP contribution in [-0.4, -0.2) is 22.8 Å². The van der Waals surface area contributed by atoms with Gasteiger partial charge in [0, 0.05) is 38.7 Å². The van der Waals surface area contributed by atoms with Gasteiger partial charge in [0.2, 0.25) is 0 Å². The van der Waals surface area contributed by atoms with Gasteiger partial charge in [-0.15, -0.1) is 0 Å². The second kappa shape index (κ2) is 4.71. The molecule has 2 heterocycles. The molecule has 0 aromatic carbocycles. The highest BCUT2D eigenvalue weighted by Crippen LogP contribution is 2.19. The van der Waals surface area contributed by atoms with Gasteiger partial charge in [0.15, 0.2) is 0 Å². The third-order valence-corrected chi connectivity index (χ3v) is 4.19. The van der Waals surface area contributed by atoms with Crippen LogP contribution in [0, 0.1) is 6.92 Å². The van der Waals surface area contributed by atoms with Gasteiger partial charge in [-0.2, -0.15) is 5.10 Å². The molecule has 0 aliphatic heterocycles. The first kappa shape index (κ1) is 13.6. The topological polar surface area (TPSA) is 94.9 Å². The van der Waals surface area contributed by atoms with Crippen LogP contribution in [0.25, 0.3) is 0 Å². The number of rotatable bonds is 4. The third kappa shape index (κ3) is 2.64. The zero-order valence-corrected chi connectivity index (χ0v) is 11.9. The zero-order chi connectivity index (χ0) is 14.2. The molecular formula is C11H17N5O2S. The molecule has 0 saturated carbocycles. The standard InChI is InChI=1S/C11H17N5O2S/c1-8-11(7-16(3)13-8)14-19(17,18)10-4-9(5-12)15(2)6-10/h4,6-7,14H,5,12H2,1-3H3. The van der Waals surface area contributed by atoms with Crippen LogP contribution in [0.2, 0.25) is 0 Å². The lowest BCUT2D eigenvalue weighted by Gasteiger charge is -2.04. The van der Waals surface area contributed by atoms with E-state index in [0.29, 0.717) is 11.4 Å². The molecule has 2 aromatic rings. The Morgan fingerprint density at radius 3 is 2.53 bits per heavy atom. The Morgan fingerprint density at radius 1 is 1.37 bits per heavy atom. The zero-order valence-electron chi connectivity index (χ0n) is 11.1. The summed E-state index contributed by atoms with van der Waals surface area (Å²) in [6.07, 6.45) is 3.16. The van der Waals surface area contributed by atoms with E-state index in [-0.39, 0.29) is 11.4 Å². The minimum atomic E-state index is -3.61. The summed E-state index contributed by atoms with van der Waals surface area (Å²) >= 11 is 0. The van der Waals surface area contributed by atoms with Crippen LogP contribution in [-0.2, 0) is 30.7 Å². The van der Waals surface area contributed by atoms with E-state index in [9.17, 15) is 8.42 Å². The molecule has 8 heteroatoms. The first-order chi connectivity index (χ1) is 8.83. The van der Waals surface area contributed by atoms with Crippen LogP contribution < -0.4 is 10.5 Å². The number of aromatic nitrogens is 3. The van der Waals surface area contributed by atoms with E-state index in [2.05, 4.69) is 9.82 Å². The number of sulfonamides is 1. The van der Waals surface area contributed by atoms with Crippen molar-refractivity contribution in [2.24, 2.45) is 19.8 Å². The second-order valence-electron chi connectivity index (χ2n) is 4.39. The molecule has 2 aromatic heterocycles. The maximum absolute atomic E-state index is 12.2. The van der Waals surface area contributed by atoms with Crippen molar-refractivity contribution in [1.82, 2.24) is 14.3 Å². The molecule has 0 unspecified atom stereocenters. The van der Waals surface area contributed by atoms with Crippen LogP contribution in [0.4, 0.5) is 5.69 Å². The van der Waals surface area contributed by atoms with E-state index >= 15 is 0 Å². The highest BCUT2D eigenvalue weighted by molar-refractivity contribution is 7.92. The summed E-state index contributed by atoms with van der Waals surface area (Å²) in [5, 5.41) is 4.09. The normalized spacial score (nSPS) is 11.8. The van der Waals surface area contributed by atoms with Crippen LogP contribution >= 0.6 is 0 Å². The molecule has 0 fully saturated rings. The Hall–Kier alpha value is -1.80. The smallest absolute Gasteiger partial charge is 0.263 e. The highest BCUT2D eigenvalue weighted by atomic mass is 32.2. The summed E-state index contributed by atoms with van der Waals surface area (Å²) < 4.78 is 30.3. The Bertz CT molecular complexity index is 699. The van der Waals surface area contributed by atoms with E-state index < -0.39 is 10.0 Å². The van der Waals surface area contributed by atoms with Crippen molar-refractivity contribution in [2.45, 2.75) is 18.4 Å². The van der Waals surface area contributed by atoms with Gasteiger partial charge in [-0.25, -0.2) is 8.42 Å². The van der Waals surface area contributed by atoms with Crippen molar-refractivity contribution in [1.29, 1.82) is 0 Å². The lowest BCUT2D eigenvalue weighted by Crippen LogP contribution is -2.12.